The molecule has 1 heterocycles. The van der Waals surface area contributed by atoms with Crippen molar-refractivity contribution in [1.29, 1.82) is 5.26 Å². The van der Waals surface area contributed by atoms with Crippen molar-refractivity contribution in [2.75, 3.05) is 22.6 Å². The van der Waals surface area contributed by atoms with Crippen molar-refractivity contribution in [3.63, 3.8) is 0 Å². The molecule has 0 unspecified atom stereocenters. The molecule has 3 aromatic rings. The summed E-state index contributed by atoms with van der Waals surface area (Å²) in [5.74, 6) is -0.130. The molecule has 4 N–H and O–H groups in total. The third-order valence-corrected chi connectivity index (χ3v) is 5.95. The number of para-hydroxylation sites is 1. The number of hydrogen-bond donors (Lipinski definition) is 3. The van der Waals surface area contributed by atoms with E-state index in [1.54, 1.807) is 36.2 Å². The number of nitrogens with one attached hydrogen (secondary N) is 2. The molecule has 35 heavy (non-hydrogen) atoms. The number of aromatic nitrogens is 2. The first kappa shape index (κ1) is 25.2. The van der Waals surface area contributed by atoms with Gasteiger partial charge in [-0.2, -0.15) is 10.2 Å². The van der Waals surface area contributed by atoms with E-state index in [2.05, 4.69) is 26.7 Å². The quantitative estimate of drug-likeness (QED) is 0.472. The third-order valence-electron chi connectivity index (χ3n) is 5.95. The van der Waals surface area contributed by atoms with Gasteiger partial charge in [-0.1, -0.05) is 32.0 Å². The number of anilines is 4. The average molecular weight is 472 g/mol. The number of nitrogens with zero attached hydrogens (tertiary/aromatic N) is 4. The fraction of sp³-hybridized carbons (Fsp3) is 0.269. The zero-order valence-corrected chi connectivity index (χ0v) is 18.7. The zero-order valence-electron chi connectivity index (χ0n) is 18.7. The van der Waals surface area contributed by atoms with Crippen molar-refractivity contribution in [1.82, 2.24) is 9.97 Å². The van der Waals surface area contributed by atoms with Crippen LogP contribution in [0.5, 0.6) is 0 Å². The van der Waals surface area contributed by atoms with Gasteiger partial charge in [0.2, 0.25) is 11.9 Å². The van der Waals surface area contributed by atoms with Gasteiger partial charge >= 0.3 is 0 Å². The summed E-state index contributed by atoms with van der Waals surface area (Å²) in [6.07, 6.45) is 3.81. The van der Waals surface area contributed by atoms with E-state index in [1.165, 1.54) is 6.20 Å². The van der Waals surface area contributed by atoms with Crippen LogP contribution in [0.1, 0.15) is 42.6 Å². The minimum Gasteiger partial charge on any atom is -0.369 e. The predicted octanol–water partition coefficient (Wildman–Crippen LogP) is 4.07. The minimum absolute atomic E-state index is 0. The molecule has 1 saturated carbocycles. The molecule has 2 aromatic carbocycles. The molecule has 0 aliphatic heterocycles. The molecule has 1 fully saturated rings. The minimum atomic E-state index is -0.353. The van der Waals surface area contributed by atoms with Gasteiger partial charge in [0.15, 0.2) is 0 Å². The van der Waals surface area contributed by atoms with E-state index in [0.717, 1.165) is 24.9 Å². The number of carbonyl (C=O) groups is 2. The number of carbonyl (C=O) groups excluding carboxylic acids is 2. The number of primary amides is 1. The lowest BCUT2D eigenvalue weighted by Crippen LogP contribution is -2.34. The van der Waals surface area contributed by atoms with Crippen LogP contribution in [-0.2, 0) is 4.79 Å². The monoisotopic (exact) mass is 471 g/mol. The van der Waals surface area contributed by atoms with E-state index in [0.29, 0.717) is 17.1 Å². The lowest BCUT2D eigenvalue weighted by atomic mass is 10.0. The Hall–Kier alpha value is -4.45. The van der Waals surface area contributed by atoms with Gasteiger partial charge in [0.1, 0.15) is 17.5 Å². The maximum atomic E-state index is 12.8. The van der Waals surface area contributed by atoms with Crippen LogP contribution < -0.4 is 21.3 Å². The zero-order chi connectivity index (χ0) is 24.1. The first-order chi connectivity index (χ1) is 16.5. The number of rotatable bonds is 7. The molecule has 4 rings (SSSR count). The lowest BCUT2D eigenvalue weighted by Gasteiger charge is -2.20. The standard InChI is InChI=1S/C25H25N7O2.CH4/c1-32(19-6-3-2-4-7-19)24(34)16-10-12-18(13-11-16)29-25-28-15-17(14-26)23(31-25)30-21-9-5-8-20(21)22(27)33;/h2-4,6-7,10-13,15,20-21H,5,8-9H2,1H3,(H2,27,33)(H2,28,29,30,31);1H4/t20-,21+;/m0./s1. The van der Waals surface area contributed by atoms with Crippen LogP contribution in [0.2, 0.25) is 0 Å². The third kappa shape index (κ3) is 5.73. The Kier molecular flexibility index (Phi) is 8.00. The number of nitrogens with two attached hydrogens (primary N) is 1. The maximum Gasteiger partial charge on any atom is 0.258 e. The molecule has 9 heteroatoms. The van der Waals surface area contributed by atoms with Gasteiger partial charge in [-0.05, 0) is 49.2 Å². The van der Waals surface area contributed by atoms with Crippen molar-refractivity contribution in [2.45, 2.75) is 32.7 Å². The van der Waals surface area contributed by atoms with E-state index in [9.17, 15) is 14.9 Å². The van der Waals surface area contributed by atoms with Gasteiger partial charge in [0.05, 0.1) is 12.1 Å². The van der Waals surface area contributed by atoms with Crippen molar-refractivity contribution in [2.24, 2.45) is 11.7 Å². The molecule has 1 aliphatic carbocycles. The highest BCUT2D eigenvalue weighted by molar-refractivity contribution is 6.05. The summed E-state index contributed by atoms with van der Waals surface area (Å²) in [4.78, 5) is 34.7. The number of benzene rings is 2. The van der Waals surface area contributed by atoms with Crippen molar-refractivity contribution in [3.8, 4) is 6.07 Å². The largest absolute Gasteiger partial charge is 0.369 e. The van der Waals surface area contributed by atoms with Gasteiger partial charge < -0.3 is 21.3 Å². The first-order valence-corrected chi connectivity index (χ1v) is 11.0. The summed E-state index contributed by atoms with van der Waals surface area (Å²) in [7, 11) is 1.73. The molecular formula is C26H29N7O2. The molecule has 1 aliphatic rings. The second-order valence-corrected chi connectivity index (χ2v) is 8.16. The highest BCUT2D eigenvalue weighted by atomic mass is 16.2. The normalized spacial score (nSPS) is 16.5. The van der Waals surface area contributed by atoms with Crippen LogP contribution in [0, 0.1) is 17.2 Å². The van der Waals surface area contributed by atoms with Gasteiger partial charge in [-0.25, -0.2) is 4.98 Å². The SMILES string of the molecule is C.CN(C(=O)c1ccc(Nc2ncc(C#N)c(N[C@@H]3CCC[C@@H]3C(N)=O)n2)cc1)c1ccccc1. The summed E-state index contributed by atoms with van der Waals surface area (Å²) >= 11 is 0. The average Bonchev–Trinajstić information content (AvgIpc) is 3.33. The molecule has 9 nitrogen and oxygen atoms in total. The molecule has 0 spiro atoms. The molecule has 0 bridgehead atoms. The molecule has 180 valence electrons. The van der Waals surface area contributed by atoms with Crippen LogP contribution in [-0.4, -0.2) is 34.9 Å². The van der Waals surface area contributed by atoms with E-state index in [4.69, 9.17) is 5.73 Å². The lowest BCUT2D eigenvalue weighted by molar-refractivity contribution is -0.121. The Bertz CT molecular complexity index is 1220. The predicted molar refractivity (Wildman–Crippen MR) is 136 cm³/mol. The van der Waals surface area contributed by atoms with Crippen LogP contribution >= 0.6 is 0 Å². The van der Waals surface area contributed by atoms with E-state index >= 15 is 0 Å². The highest BCUT2D eigenvalue weighted by Crippen LogP contribution is 2.29. The Balaban J connectivity index is 0.00000342. The summed E-state index contributed by atoms with van der Waals surface area (Å²) in [6.45, 7) is 0. The Morgan fingerprint density at radius 3 is 2.49 bits per heavy atom. The fourth-order valence-electron chi connectivity index (χ4n) is 4.07. The van der Waals surface area contributed by atoms with Gasteiger partial charge in [-0.3, -0.25) is 9.59 Å². The van der Waals surface area contributed by atoms with Crippen LogP contribution in [0.4, 0.5) is 23.1 Å². The van der Waals surface area contributed by atoms with Gasteiger partial charge in [0, 0.05) is 30.0 Å². The number of amides is 2. The molecule has 0 saturated heterocycles. The van der Waals surface area contributed by atoms with Crippen molar-refractivity contribution >= 4 is 35.0 Å². The summed E-state index contributed by atoms with van der Waals surface area (Å²) < 4.78 is 0. The van der Waals surface area contributed by atoms with Crippen molar-refractivity contribution < 1.29 is 9.59 Å². The summed E-state index contributed by atoms with van der Waals surface area (Å²) in [5.41, 5.74) is 7.83. The summed E-state index contributed by atoms with van der Waals surface area (Å²) in [5, 5.41) is 15.7. The number of nitriles is 1. The first-order valence-electron chi connectivity index (χ1n) is 11.0. The molecule has 2 amide bonds. The topological polar surface area (TPSA) is 137 Å². The second kappa shape index (κ2) is 11.1. The maximum absolute atomic E-state index is 12.8. The van der Waals surface area contributed by atoms with Gasteiger partial charge in [-0.15, -0.1) is 0 Å². The molecule has 0 radical (unpaired) electrons. The van der Waals surface area contributed by atoms with E-state index in [1.807, 2.05) is 30.3 Å². The van der Waals surface area contributed by atoms with Gasteiger partial charge in [0.25, 0.3) is 5.91 Å². The molecular weight excluding hydrogens is 442 g/mol. The van der Waals surface area contributed by atoms with Crippen molar-refractivity contribution in [3.05, 3.63) is 71.9 Å². The van der Waals surface area contributed by atoms with E-state index in [-0.39, 0.29) is 42.7 Å². The molecule has 1 aromatic heterocycles. The van der Waals surface area contributed by atoms with E-state index < -0.39 is 0 Å². The Labute approximate surface area is 205 Å². The Morgan fingerprint density at radius 1 is 1.11 bits per heavy atom. The summed E-state index contributed by atoms with van der Waals surface area (Å²) in [6, 6.07) is 18.3. The number of hydrogen-bond acceptors (Lipinski definition) is 7. The fourth-order valence-corrected chi connectivity index (χ4v) is 4.07. The van der Waals surface area contributed by atoms with Crippen LogP contribution in [0.15, 0.2) is 60.8 Å². The smallest absolute Gasteiger partial charge is 0.258 e. The van der Waals surface area contributed by atoms with Crippen LogP contribution in [0.25, 0.3) is 0 Å². The Morgan fingerprint density at radius 2 is 1.83 bits per heavy atom. The highest BCUT2D eigenvalue weighted by Gasteiger charge is 2.32. The molecule has 2 atom stereocenters. The second-order valence-electron chi connectivity index (χ2n) is 8.16. The van der Waals surface area contributed by atoms with Crippen LogP contribution in [0.3, 0.4) is 0 Å².